The van der Waals surface area contributed by atoms with Crippen LogP contribution in [-0.4, -0.2) is 53.5 Å². The molecule has 6 nitrogen and oxygen atoms in total. The molecule has 1 aliphatic rings. The highest BCUT2D eigenvalue weighted by Gasteiger charge is 2.24. The number of aliphatic hydroxyl groups excluding tert-OH is 1. The van der Waals surface area contributed by atoms with Crippen LogP contribution in [0.15, 0.2) is 47.3 Å². The number of carbonyl (C=O) groups is 1. The van der Waals surface area contributed by atoms with Gasteiger partial charge in [0.2, 0.25) is 0 Å². The first-order chi connectivity index (χ1) is 11.7. The molecule has 3 rings (SSSR count). The lowest BCUT2D eigenvalue weighted by molar-refractivity contribution is 0.0527. The Balaban J connectivity index is 1.51. The van der Waals surface area contributed by atoms with Gasteiger partial charge in [-0.15, -0.1) is 0 Å². The van der Waals surface area contributed by atoms with Gasteiger partial charge in [-0.05, 0) is 23.8 Å². The van der Waals surface area contributed by atoms with Gasteiger partial charge in [-0.3, -0.25) is 9.69 Å². The molecule has 1 aliphatic heterocycles. The van der Waals surface area contributed by atoms with Crippen LogP contribution >= 0.6 is 0 Å². The topological polar surface area (TPSA) is 80.7 Å². The molecule has 1 aromatic carbocycles. The number of carbonyl (C=O) groups excluding carboxylic acids is 1. The zero-order valence-corrected chi connectivity index (χ0v) is 13.3. The van der Waals surface area contributed by atoms with E-state index in [0.29, 0.717) is 30.8 Å². The van der Waals surface area contributed by atoms with E-state index in [4.69, 9.17) is 9.68 Å². The fourth-order valence-electron chi connectivity index (χ4n) is 2.83. The first kappa shape index (κ1) is 16.2. The van der Waals surface area contributed by atoms with Gasteiger partial charge in [-0.2, -0.15) is 5.26 Å². The Morgan fingerprint density at radius 3 is 2.50 bits per heavy atom. The molecular weight excluding hydrogens is 306 g/mol. The normalized spacial score (nSPS) is 16.6. The zero-order chi connectivity index (χ0) is 16.9. The highest BCUT2D eigenvalue weighted by atomic mass is 16.3. The standard InChI is InChI=1S/C18H19N3O3/c19-11-14-1-3-15(4-2-14)17(22)12-20-6-8-21(9-7-20)18(23)16-5-10-24-13-16/h1-5,10,13,17,22H,6-9,12H2. The molecule has 1 amide bonds. The average Bonchev–Trinajstić information content (AvgIpc) is 3.16. The fourth-order valence-corrected chi connectivity index (χ4v) is 2.83. The van der Waals surface area contributed by atoms with Crippen LogP contribution < -0.4 is 0 Å². The third-order valence-electron chi connectivity index (χ3n) is 4.28. The number of nitriles is 1. The van der Waals surface area contributed by atoms with Gasteiger partial charge in [0, 0.05) is 32.7 Å². The van der Waals surface area contributed by atoms with E-state index in [0.717, 1.165) is 18.7 Å². The molecule has 0 bridgehead atoms. The minimum absolute atomic E-state index is 0.0176. The number of β-amino-alcohol motifs (C(OH)–C–C–N with tert-alkyl or cyclic N) is 1. The third kappa shape index (κ3) is 3.65. The summed E-state index contributed by atoms with van der Waals surface area (Å²) in [6.45, 7) is 3.21. The molecule has 1 atom stereocenters. The van der Waals surface area contributed by atoms with Gasteiger partial charge < -0.3 is 14.4 Å². The molecule has 0 aliphatic carbocycles. The van der Waals surface area contributed by atoms with E-state index in [1.54, 1.807) is 35.2 Å². The van der Waals surface area contributed by atoms with Gasteiger partial charge in [0.15, 0.2) is 0 Å². The highest BCUT2D eigenvalue weighted by Crippen LogP contribution is 2.17. The van der Waals surface area contributed by atoms with Gasteiger partial charge in [-0.1, -0.05) is 12.1 Å². The Bertz CT molecular complexity index is 711. The van der Waals surface area contributed by atoms with Crippen molar-refractivity contribution >= 4 is 5.91 Å². The minimum Gasteiger partial charge on any atom is -0.472 e. The summed E-state index contributed by atoms with van der Waals surface area (Å²) >= 11 is 0. The van der Waals surface area contributed by atoms with Crippen molar-refractivity contribution in [2.75, 3.05) is 32.7 Å². The second-order valence-corrected chi connectivity index (χ2v) is 5.85. The van der Waals surface area contributed by atoms with Gasteiger partial charge in [0.1, 0.15) is 6.26 Å². The number of hydrogen-bond acceptors (Lipinski definition) is 5. The summed E-state index contributed by atoms with van der Waals surface area (Å²) in [4.78, 5) is 16.2. The van der Waals surface area contributed by atoms with Crippen LogP contribution in [0.5, 0.6) is 0 Å². The molecular formula is C18H19N3O3. The predicted molar refractivity (Wildman–Crippen MR) is 87.2 cm³/mol. The van der Waals surface area contributed by atoms with Gasteiger partial charge >= 0.3 is 0 Å². The molecule has 2 aromatic rings. The number of hydrogen-bond donors (Lipinski definition) is 1. The van der Waals surface area contributed by atoms with Gasteiger partial charge in [0.25, 0.3) is 5.91 Å². The van der Waals surface area contributed by atoms with Crippen LogP contribution in [0.4, 0.5) is 0 Å². The summed E-state index contributed by atoms with van der Waals surface area (Å²) in [7, 11) is 0. The fraction of sp³-hybridized carbons (Fsp3) is 0.333. The van der Waals surface area contributed by atoms with Gasteiger partial charge in [0.05, 0.1) is 29.6 Å². The molecule has 1 saturated heterocycles. The maximum absolute atomic E-state index is 12.2. The summed E-state index contributed by atoms with van der Waals surface area (Å²) in [5, 5.41) is 19.2. The molecule has 1 unspecified atom stereocenters. The van der Waals surface area contributed by atoms with Crippen molar-refractivity contribution in [2.45, 2.75) is 6.10 Å². The number of furan rings is 1. The van der Waals surface area contributed by atoms with Gasteiger partial charge in [-0.25, -0.2) is 0 Å². The Kier molecular flexibility index (Phi) is 4.94. The number of benzene rings is 1. The Morgan fingerprint density at radius 2 is 1.92 bits per heavy atom. The van der Waals surface area contributed by atoms with E-state index in [1.807, 2.05) is 0 Å². The predicted octanol–water partition coefficient (Wildman–Crippen LogP) is 1.64. The number of piperazine rings is 1. The molecule has 1 fully saturated rings. The molecule has 1 N–H and O–H groups in total. The number of aliphatic hydroxyl groups is 1. The van der Waals surface area contributed by atoms with Crippen molar-refractivity contribution in [3.63, 3.8) is 0 Å². The maximum atomic E-state index is 12.2. The van der Waals surface area contributed by atoms with Crippen LogP contribution in [0.1, 0.15) is 27.6 Å². The van der Waals surface area contributed by atoms with Crippen molar-refractivity contribution in [2.24, 2.45) is 0 Å². The quantitative estimate of drug-likeness (QED) is 0.924. The molecule has 0 saturated carbocycles. The lowest BCUT2D eigenvalue weighted by Crippen LogP contribution is -2.49. The van der Waals surface area contributed by atoms with E-state index in [-0.39, 0.29) is 5.91 Å². The Morgan fingerprint density at radius 1 is 1.21 bits per heavy atom. The van der Waals surface area contributed by atoms with Crippen molar-refractivity contribution < 1.29 is 14.3 Å². The maximum Gasteiger partial charge on any atom is 0.257 e. The van der Waals surface area contributed by atoms with E-state index in [2.05, 4.69) is 11.0 Å². The molecule has 2 heterocycles. The van der Waals surface area contributed by atoms with E-state index < -0.39 is 6.10 Å². The lowest BCUT2D eigenvalue weighted by atomic mass is 10.1. The van der Waals surface area contributed by atoms with E-state index >= 15 is 0 Å². The summed E-state index contributed by atoms with van der Waals surface area (Å²) in [6, 6.07) is 10.7. The summed E-state index contributed by atoms with van der Waals surface area (Å²) in [5.41, 5.74) is 1.95. The second-order valence-electron chi connectivity index (χ2n) is 5.85. The second kappa shape index (κ2) is 7.30. The smallest absolute Gasteiger partial charge is 0.257 e. The van der Waals surface area contributed by atoms with Crippen molar-refractivity contribution in [1.82, 2.24) is 9.80 Å². The number of amides is 1. The van der Waals surface area contributed by atoms with Crippen LogP contribution in [-0.2, 0) is 0 Å². The molecule has 0 radical (unpaired) electrons. The van der Waals surface area contributed by atoms with Crippen LogP contribution in [0.3, 0.4) is 0 Å². The minimum atomic E-state index is -0.603. The first-order valence-electron chi connectivity index (χ1n) is 7.89. The molecule has 0 spiro atoms. The largest absolute Gasteiger partial charge is 0.472 e. The highest BCUT2D eigenvalue weighted by molar-refractivity contribution is 5.93. The molecule has 124 valence electrons. The van der Waals surface area contributed by atoms with Crippen molar-refractivity contribution in [1.29, 1.82) is 5.26 Å². The Hall–Kier alpha value is -2.62. The SMILES string of the molecule is N#Cc1ccc(C(O)CN2CCN(C(=O)c3ccoc3)CC2)cc1. The monoisotopic (exact) mass is 325 g/mol. The van der Waals surface area contributed by atoms with Crippen molar-refractivity contribution in [3.8, 4) is 6.07 Å². The number of rotatable bonds is 4. The summed E-state index contributed by atoms with van der Waals surface area (Å²) in [6.07, 6.45) is 2.36. The van der Waals surface area contributed by atoms with Crippen molar-refractivity contribution in [3.05, 3.63) is 59.5 Å². The first-order valence-corrected chi connectivity index (χ1v) is 7.89. The number of nitrogens with zero attached hydrogens (tertiary/aromatic N) is 3. The van der Waals surface area contributed by atoms with E-state index in [9.17, 15) is 9.90 Å². The van der Waals surface area contributed by atoms with Crippen LogP contribution in [0, 0.1) is 11.3 Å². The molecule has 6 heteroatoms. The molecule has 24 heavy (non-hydrogen) atoms. The zero-order valence-electron chi connectivity index (χ0n) is 13.3. The summed E-state index contributed by atoms with van der Waals surface area (Å²) < 4.78 is 4.95. The average molecular weight is 325 g/mol. The van der Waals surface area contributed by atoms with Crippen LogP contribution in [0.25, 0.3) is 0 Å². The Labute approximate surface area is 140 Å². The van der Waals surface area contributed by atoms with Crippen LogP contribution in [0.2, 0.25) is 0 Å². The lowest BCUT2D eigenvalue weighted by Gasteiger charge is -2.35. The summed E-state index contributed by atoms with van der Waals surface area (Å²) in [5.74, 6) is -0.0176. The third-order valence-corrected chi connectivity index (χ3v) is 4.28. The van der Waals surface area contributed by atoms with E-state index in [1.165, 1.54) is 12.5 Å². The molecule has 1 aromatic heterocycles.